The van der Waals surface area contributed by atoms with E-state index in [0.29, 0.717) is 18.7 Å². The monoisotopic (exact) mass is 469 g/mol. The number of nitrogens with one attached hydrogen (secondary N) is 3. The van der Waals surface area contributed by atoms with Crippen molar-refractivity contribution in [2.24, 2.45) is 0 Å². The number of benzene rings is 2. The summed E-state index contributed by atoms with van der Waals surface area (Å²) in [5.41, 5.74) is 0.436. The minimum atomic E-state index is -1.57. The van der Waals surface area contributed by atoms with Crippen LogP contribution in [0.5, 0.6) is 11.5 Å². The molecular formula is C24H29N4O6+. The average molecular weight is 470 g/mol. The van der Waals surface area contributed by atoms with Gasteiger partial charge in [0.2, 0.25) is 0 Å². The van der Waals surface area contributed by atoms with Crippen LogP contribution in [0.2, 0.25) is 0 Å². The van der Waals surface area contributed by atoms with Crippen LogP contribution in [0.25, 0.3) is 11.0 Å². The van der Waals surface area contributed by atoms with Gasteiger partial charge in [-0.25, -0.2) is 9.59 Å². The molecule has 0 unspecified atom stereocenters. The van der Waals surface area contributed by atoms with Crippen molar-refractivity contribution in [2.45, 2.75) is 37.8 Å². The molecule has 2 heterocycles. The van der Waals surface area contributed by atoms with Gasteiger partial charge in [-0.05, 0) is 36.8 Å². The van der Waals surface area contributed by atoms with Crippen molar-refractivity contribution < 1.29 is 29.8 Å². The summed E-state index contributed by atoms with van der Waals surface area (Å²) in [4.78, 5) is 41.1. The van der Waals surface area contributed by atoms with Crippen LogP contribution < -0.4 is 15.9 Å². The normalized spacial score (nSPS) is 20.0. The number of phenolic OH excluding ortho intramolecular Hbond substituents is 2. The van der Waals surface area contributed by atoms with Crippen LogP contribution in [0.15, 0.2) is 47.3 Å². The van der Waals surface area contributed by atoms with Crippen LogP contribution in [0.4, 0.5) is 0 Å². The molecule has 0 saturated carbocycles. The van der Waals surface area contributed by atoms with Gasteiger partial charge in [0.15, 0.2) is 18.0 Å². The summed E-state index contributed by atoms with van der Waals surface area (Å²) >= 11 is 0. The van der Waals surface area contributed by atoms with E-state index in [2.05, 4.69) is 10.3 Å². The minimum absolute atomic E-state index is 0.0434. The SMILES string of the molecule is C[C@@](Cc1ccc(O)c(O)c1)(NC(=O)C[NH+]1CCC(n2c(=O)[nH]c3ccccc32)CC1)C(=O)O. The Morgan fingerprint density at radius 2 is 1.85 bits per heavy atom. The number of carbonyl (C=O) groups excluding carboxylic acids is 1. The highest BCUT2D eigenvalue weighted by atomic mass is 16.4. The number of likely N-dealkylation sites (tertiary alicyclic amines) is 1. The number of carboxylic acid groups (broad SMARTS) is 1. The third kappa shape index (κ3) is 4.76. The molecule has 34 heavy (non-hydrogen) atoms. The lowest BCUT2D eigenvalue weighted by molar-refractivity contribution is -0.897. The van der Waals surface area contributed by atoms with E-state index in [0.717, 1.165) is 28.8 Å². The third-order valence-corrected chi connectivity index (χ3v) is 6.55. The van der Waals surface area contributed by atoms with Crippen molar-refractivity contribution in [2.75, 3.05) is 19.6 Å². The molecular weight excluding hydrogens is 440 g/mol. The van der Waals surface area contributed by atoms with Gasteiger partial charge in [-0.15, -0.1) is 0 Å². The third-order valence-electron chi connectivity index (χ3n) is 6.55. The summed E-state index contributed by atoms with van der Waals surface area (Å²) in [6.07, 6.45) is 1.41. The van der Waals surface area contributed by atoms with E-state index < -0.39 is 11.5 Å². The first-order valence-electron chi connectivity index (χ1n) is 11.2. The molecule has 1 aliphatic heterocycles. The van der Waals surface area contributed by atoms with Crippen LogP contribution >= 0.6 is 0 Å². The second-order valence-corrected chi connectivity index (χ2v) is 9.16. The number of carboxylic acids is 1. The van der Waals surface area contributed by atoms with Gasteiger partial charge in [0.1, 0.15) is 5.54 Å². The van der Waals surface area contributed by atoms with E-state index in [1.165, 1.54) is 25.1 Å². The maximum atomic E-state index is 12.7. The van der Waals surface area contributed by atoms with Gasteiger partial charge < -0.3 is 30.5 Å². The quantitative estimate of drug-likeness (QED) is 0.272. The first-order valence-corrected chi connectivity index (χ1v) is 11.2. The van der Waals surface area contributed by atoms with Crippen LogP contribution in [-0.2, 0) is 16.0 Å². The fourth-order valence-electron chi connectivity index (χ4n) is 4.72. The fraction of sp³-hybridized carbons (Fsp3) is 0.375. The van der Waals surface area contributed by atoms with Crippen molar-refractivity contribution in [1.82, 2.24) is 14.9 Å². The average Bonchev–Trinajstić information content (AvgIpc) is 3.12. The lowest BCUT2D eigenvalue weighted by Crippen LogP contribution is -3.14. The molecule has 1 atom stereocenters. The van der Waals surface area contributed by atoms with Crippen molar-refractivity contribution >= 4 is 22.9 Å². The summed E-state index contributed by atoms with van der Waals surface area (Å²) in [6, 6.07) is 11.7. The van der Waals surface area contributed by atoms with E-state index in [4.69, 9.17) is 0 Å². The molecule has 0 bridgehead atoms. The molecule has 10 nitrogen and oxygen atoms in total. The molecule has 4 rings (SSSR count). The van der Waals surface area contributed by atoms with Gasteiger partial charge in [0.05, 0.1) is 24.1 Å². The Labute approximate surface area is 195 Å². The number of aliphatic carboxylic acids is 1. The van der Waals surface area contributed by atoms with Gasteiger partial charge in [0, 0.05) is 25.3 Å². The van der Waals surface area contributed by atoms with Crippen molar-refractivity contribution in [3.8, 4) is 11.5 Å². The molecule has 180 valence electrons. The zero-order chi connectivity index (χ0) is 24.5. The van der Waals surface area contributed by atoms with Gasteiger partial charge in [0.25, 0.3) is 5.91 Å². The highest BCUT2D eigenvalue weighted by Crippen LogP contribution is 2.27. The summed E-state index contributed by atoms with van der Waals surface area (Å²) in [5, 5.41) is 31.5. The minimum Gasteiger partial charge on any atom is -0.504 e. The van der Waals surface area contributed by atoms with Gasteiger partial charge >= 0.3 is 11.7 Å². The number of nitrogens with zero attached hydrogens (tertiary/aromatic N) is 1. The molecule has 10 heteroatoms. The van der Waals surface area contributed by atoms with Crippen molar-refractivity contribution in [3.05, 3.63) is 58.5 Å². The number of fused-ring (bicyclic) bond motifs is 1. The molecule has 1 fully saturated rings. The Kier molecular flexibility index (Phi) is 6.34. The molecule has 3 aromatic rings. The summed E-state index contributed by atoms with van der Waals surface area (Å²) in [5.74, 6) is -2.23. The number of aromatic hydroxyl groups is 2. The molecule has 6 N–H and O–H groups in total. The molecule has 1 saturated heterocycles. The maximum absolute atomic E-state index is 12.7. The predicted molar refractivity (Wildman–Crippen MR) is 124 cm³/mol. The zero-order valence-corrected chi connectivity index (χ0v) is 18.9. The number of H-pyrrole nitrogens is 1. The number of aromatic amines is 1. The number of hydrogen-bond donors (Lipinski definition) is 6. The first-order chi connectivity index (χ1) is 16.2. The Hall–Kier alpha value is -3.79. The molecule has 1 amide bonds. The number of imidazole rings is 1. The lowest BCUT2D eigenvalue weighted by Gasteiger charge is -2.31. The van der Waals surface area contributed by atoms with E-state index in [1.807, 2.05) is 24.3 Å². The summed E-state index contributed by atoms with van der Waals surface area (Å²) in [7, 11) is 0. The highest BCUT2D eigenvalue weighted by molar-refractivity contribution is 5.87. The number of carbonyl (C=O) groups is 2. The number of amides is 1. The predicted octanol–water partition coefficient (Wildman–Crippen LogP) is 0.163. The Morgan fingerprint density at radius 3 is 2.53 bits per heavy atom. The Balaban J connectivity index is 1.37. The fourth-order valence-corrected chi connectivity index (χ4v) is 4.72. The van der Waals surface area contributed by atoms with Gasteiger partial charge in [-0.3, -0.25) is 9.36 Å². The van der Waals surface area contributed by atoms with Crippen LogP contribution in [-0.4, -0.2) is 61.9 Å². The number of hydrogen-bond acceptors (Lipinski definition) is 5. The van der Waals surface area contributed by atoms with Crippen molar-refractivity contribution in [1.29, 1.82) is 0 Å². The largest absolute Gasteiger partial charge is 0.504 e. The number of rotatable bonds is 7. The molecule has 2 aromatic carbocycles. The Morgan fingerprint density at radius 1 is 1.15 bits per heavy atom. The van der Waals surface area contributed by atoms with E-state index >= 15 is 0 Å². The van der Waals surface area contributed by atoms with Crippen molar-refractivity contribution in [3.63, 3.8) is 0 Å². The molecule has 0 aliphatic carbocycles. The maximum Gasteiger partial charge on any atom is 0.329 e. The smallest absolute Gasteiger partial charge is 0.329 e. The number of para-hydroxylation sites is 2. The van der Waals surface area contributed by atoms with E-state index in [9.17, 15) is 29.7 Å². The lowest BCUT2D eigenvalue weighted by atomic mass is 9.92. The highest BCUT2D eigenvalue weighted by Gasteiger charge is 2.37. The summed E-state index contributed by atoms with van der Waals surface area (Å²) < 4.78 is 1.79. The molecule has 1 aromatic heterocycles. The van der Waals surface area contributed by atoms with Gasteiger partial charge in [-0.1, -0.05) is 18.2 Å². The van der Waals surface area contributed by atoms with Crippen LogP contribution in [0.1, 0.15) is 31.4 Å². The standard InChI is InChI=1S/C24H28N4O6/c1-24(22(32)33,13-15-6-7-19(29)20(30)12-15)26-21(31)14-27-10-8-16(9-11-27)28-18-5-3-2-4-17(18)25-23(28)34/h2-7,12,16,29-30H,8-11,13-14H2,1H3,(H,25,34)(H,26,31)(H,32,33)/p+1/t24-/m0/s1. The molecule has 0 radical (unpaired) electrons. The topological polar surface area (TPSA) is 149 Å². The number of phenols is 2. The second kappa shape index (κ2) is 9.22. The van der Waals surface area contributed by atoms with Gasteiger partial charge in [-0.2, -0.15) is 0 Å². The number of quaternary nitrogens is 1. The molecule has 0 spiro atoms. The number of aromatic nitrogens is 2. The summed E-state index contributed by atoms with van der Waals surface area (Å²) in [6.45, 7) is 2.90. The Bertz CT molecular complexity index is 1270. The van der Waals surface area contributed by atoms with E-state index in [-0.39, 0.29) is 42.1 Å². The van der Waals surface area contributed by atoms with Crippen LogP contribution in [0, 0.1) is 0 Å². The van der Waals surface area contributed by atoms with Crippen LogP contribution in [0.3, 0.4) is 0 Å². The zero-order valence-electron chi connectivity index (χ0n) is 18.9. The first kappa shape index (κ1) is 23.4. The molecule has 1 aliphatic rings. The number of piperidine rings is 1. The second-order valence-electron chi connectivity index (χ2n) is 9.16. The van der Waals surface area contributed by atoms with E-state index in [1.54, 1.807) is 4.57 Å².